The average molecular weight is 257 g/mol. The fourth-order valence-corrected chi connectivity index (χ4v) is 2.20. The lowest BCUT2D eigenvalue weighted by Crippen LogP contribution is -2.14. The van der Waals surface area contributed by atoms with Crippen molar-refractivity contribution in [2.45, 2.75) is 33.6 Å². The number of nitrogens with one attached hydrogen (secondary N) is 1. The molecule has 0 atom stereocenters. The first-order valence-electron chi connectivity index (χ1n) is 6.30. The number of pyridine rings is 1. The number of nitrogens with two attached hydrogens (primary N) is 1. The van der Waals surface area contributed by atoms with Crippen LogP contribution >= 0.6 is 0 Å². The lowest BCUT2D eigenvalue weighted by molar-refractivity contribution is 0.831. The Hall–Kier alpha value is -2.01. The van der Waals surface area contributed by atoms with E-state index in [0.29, 0.717) is 17.6 Å². The summed E-state index contributed by atoms with van der Waals surface area (Å²) in [7, 11) is 0. The standard InChI is InChI=1S/C14H19N5/c1-8(2)12-10(4)17-13(18-14(12)19-15)11-7-16-6-5-9(11)3/h5-8H,15H2,1-4H3,(H,17,18,19). The van der Waals surface area contributed by atoms with Crippen molar-refractivity contribution in [2.75, 3.05) is 5.43 Å². The second-order valence-electron chi connectivity index (χ2n) is 4.88. The Morgan fingerprint density at radius 3 is 2.53 bits per heavy atom. The van der Waals surface area contributed by atoms with E-state index < -0.39 is 0 Å². The largest absolute Gasteiger partial charge is 0.308 e. The molecule has 3 N–H and O–H groups in total. The van der Waals surface area contributed by atoms with Crippen LogP contribution in [0.25, 0.3) is 11.4 Å². The zero-order chi connectivity index (χ0) is 14.0. The minimum atomic E-state index is 0.315. The number of nitrogen functional groups attached to an aromatic ring is 1. The van der Waals surface area contributed by atoms with E-state index in [1.165, 1.54) is 0 Å². The number of hydrogen-bond donors (Lipinski definition) is 2. The molecule has 0 unspecified atom stereocenters. The van der Waals surface area contributed by atoms with Gasteiger partial charge >= 0.3 is 0 Å². The number of anilines is 1. The van der Waals surface area contributed by atoms with Gasteiger partial charge in [0.05, 0.1) is 0 Å². The second kappa shape index (κ2) is 5.32. The highest BCUT2D eigenvalue weighted by Crippen LogP contribution is 2.28. The van der Waals surface area contributed by atoms with Gasteiger partial charge in [0.1, 0.15) is 5.82 Å². The van der Waals surface area contributed by atoms with Gasteiger partial charge in [-0.15, -0.1) is 0 Å². The van der Waals surface area contributed by atoms with Crippen molar-refractivity contribution in [1.82, 2.24) is 15.0 Å². The first-order valence-corrected chi connectivity index (χ1v) is 6.30. The summed E-state index contributed by atoms with van der Waals surface area (Å²) in [5.41, 5.74) is 6.69. The van der Waals surface area contributed by atoms with E-state index in [0.717, 1.165) is 22.4 Å². The van der Waals surface area contributed by atoms with E-state index in [4.69, 9.17) is 5.84 Å². The van der Waals surface area contributed by atoms with Crippen LogP contribution in [0.4, 0.5) is 5.82 Å². The molecule has 0 radical (unpaired) electrons. The van der Waals surface area contributed by atoms with E-state index in [1.54, 1.807) is 12.4 Å². The molecule has 100 valence electrons. The summed E-state index contributed by atoms with van der Waals surface area (Å²) in [4.78, 5) is 13.2. The van der Waals surface area contributed by atoms with Crippen molar-refractivity contribution in [3.63, 3.8) is 0 Å². The quantitative estimate of drug-likeness (QED) is 0.652. The smallest absolute Gasteiger partial charge is 0.163 e. The van der Waals surface area contributed by atoms with Gasteiger partial charge in [-0.1, -0.05) is 13.8 Å². The average Bonchev–Trinajstić information content (AvgIpc) is 2.37. The highest BCUT2D eigenvalue weighted by molar-refractivity contribution is 5.62. The van der Waals surface area contributed by atoms with Crippen LogP contribution in [0.3, 0.4) is 0 Å². The van der Waals surface area contributed by atoms with Gasteiger partial charge in [-0.05, 0) is 31.4 Å². The zero-order valence-corrected chi connectivity index (χ0v) is 11.7. The van der Waals surface area contributed by atoms with Crippen LogP contribution in [0.1, 0.15) is 36.6 Å². The maximum absolute atomic E-state index is 5.59. The van der Waals surface area contributed by atoms with E-state index in [2.05, 4.69) is 34.2 Å². The molecule has 2 aromatic rings. The Labute approximate surface area is 113 Å². The van der Waals surface area contributed by atoms with Gasteiger partial charge in [-0.3, -0.25) is 4.98 Å². The minimum Gasteiger partial charge on any atom is -0.308 e. The molecule has 2 heterocycles. The molecule has 19 heavy (non-hydrogen) atoms. The van der Waals surface area contributed by atoms with E-state index in [-0.39, 0.29) is 0 Å². The Balaban J connectivity index is 2.62. The zero-order valence-electron chi connectivity index (χ0n) is 11.7. The van der Waals surface area contributed by atoms with Crippen LogP contribution in [-0.2, 0) is 0 Å². The summed E-state index contributed by atoms with van der Waals surface area (Å²) >= 11 is 0. The normalized spacial score (nSPS) is 10.8. The molecule has 0 bridgehead atoms. The van der Waals surface area contributed by atoms with Crippen LogP contribution in [0, 0.1) is 13.8 Å². The number of rotatable bonds is 3. The van der Waals surface area contributed by atoms with Gasteiger partial charge in [-0.25, -0.2) is 15.8 Å². The Morgan fingerprint density at radius 1 is 1.21 bits per heavy atom. The predicted molar refractivity (Wildman–Crippen MR) is 76.6 cm³/mol. The highest BCUT2D eigenvalue weighted by atomic mass is 15.3. The monoisotopic (exact) mass is 257 g/mol. The summed E-state index contributed by atoms with van der Waals surface area (Å²) < 4.78 is 0. The van der Waals surface area contributed by atoms with Gasteiger partial charge in [-0.2, -0.15) is 0 Å². The summed E-state index contributed by atoms with van der Waals surface area (Å²) in [6.07, 6.45) is 3.54. The fraction of sp³-hybridized carbons (Fsp3) is 0.357. The highest BCUT2D eigenvalue weighted by Gasteiger charge is 2.15. The topological polar surface area (TPSA) is 76.7 Å². The van der Waals surface area contributed by atoms with Crippen molar-refractivity contribution in [3.05, 3.63) is 35.3 Å². The van der Waals surface area contributed by atoms with Crippen molar-refractivity contribution in [1.29, 1.82) is 0 Å². The second-order valence-corrected chi connectivity index (χ2v) is 4.88. The molecular weight excluding hydrogens is 238 g/mol. The molecule has 5 nitrogen and oxygen atoms in total. The third kappa shape index (κ3) is 2.56. The Morgan fingerprint density at radius 2 is 1.95 bits per heavy atom. The van der Waals surface area contributed by atoms with Crippen molar-refractivity contribution in [2.24, 2.45) is 5.84 Å². The van der Waals surface area contributed by atoms with E-state index in [1.807, 2.05) is 19.9 Å². The third-order valence-corrected chi connectivity index (χ3v) is 3.13. The Bertz CT molecular complexity index is 592. The molecule has 2 aromatic heterocycles. The molecular formula is C14H19N5. The number of hydrogen-bond acceptors (Lipinski definition) is 5. The molecule has 0 aliphatic carbocycles. The lowest BCUT2D eigenvalue weighted by Gasteiger charge is -2.15. The van der Waals surface area contributed by atoms with Crippen LogP contribution in [-0.4, -0.2) is 15.0 Å². The van der Waals surface area contributed by atoms with Gasteiger partial charge < -0.3 is 5.43 Å². The molecule has 0 saturated heterocycles. The number of aryl methyl sites for hydroxylation is 2. The third-order valence-electron chi connectivity index (χ3n) is 3.13. The molecule has 2 rings (SSSR count). The van der Waals surface area contributed by atoms with Gasteiger partial charge in [0.2, 0.25) is 0 Å². The molecule has 5 heteroatoms. The first-order chi connectivity index (χ1) is 9.04. The van der Waals surface area contributed by atoms with Crippen LogP contribution < -0.4 is 11.3 Å². The maximum Gasteiger partial charge on any atom is 0.163 e. The molecule has 0 fully saturated rings. The van der Waals surface area contributed by atoms with Crippen molar-refractivity contribution in [3.8, 4) is 11.4 Å². The first kappa shape index (κ1) is 13.4. The fourth-order valence-electron chi connectivity index (χ4n) is 2.20. The van der Waals surface area contributed by atoms with E-state index in [9.17, 15) is 0 Å². The van der Waals surface area contributed by atoms with Gasteiger partial charge in [0.25, 0.3) is 0 Å². The minimum absolute atomic E-state index is 0.315. The maximum atomic E-state index is 5.59. The van der Waals surface area contributed by atoms with Gasteiger partial charge in [0.15, 0.2) is 5.82 Å². The van der Waals surface area contributed by atoms with Crippen LogP contribution in [0.2, 0.25) is 0 Å². The lowest BCUT2D eigenvalue weighted by atomic mass is 10.0. The predicted octanol–water partition coefficient (Wildman–Crippen LogP) is 2.56. The SMILES string of the molecule is Cc1ccncc1-c1nc(C)c(C(C)C)c(NN)n1. The summed E-state index contributed by atoms with van der Waals surface area (Å²) in [5, 5.41) is 0. The van der Waals surface area contributed by atoms with Crippen molar-refractivity contribution < 1.29 is 0 Å². The van der Waals surface area contributed by atoms with Crippen LogP contribution in [0.5, 0.6) is 0 Å². The number of hydrazine groups is 1. The van der Waals surface area contributed by atoms with E-state index >= 15 is 0 Å². The molecule has 0 saturated carbocycles. The molecule has 0 spiro atoms. The molecule has 0 aromatic carbocycles. The summed E-state index contributed by atoms with van der Waals surface area (Å²) in [6.45, 7) is 8.19. The Kier molecular flexibility index (Phi) is 3.76. The molecule has 0 aliphatic heterocycles. The van der Waals surface area contributed by atoms with Crippen LogP contribution in [0.15, 0.2) is 18.5 Å². The number of nitrogens with zero attached hydrogens (tertiary/aromatic N) is 3. The van der Waals surface area contributed by atoms with Gasteiger partial charge in [0, 0.05) is 29.2 Å². The summed E-state index contributed by atoms with van der Waals surface area (Å²) in [5.74, 6) is 7.24. The number of aromatic nitrogens is 3. The van der Waals surface area contributed by atoms with Crippen molar-refractivity contribution >= 4 is 5.82 Å². The summed E-state index contributed by atoms with van der Waals surface area (Å²) in [6, 6.07) is 1.94. The molecule has 0 amide bonds. The molecule has 0 aliphatic rings.